The van der Waals surface area contributed by atoms with Crippen LogP contribution >= 0.6 is 0 Å². The van der Waals surface area contributed by atoms with Crippen molar-refractivity contribution in [3.63, 3.8) is 0 Å². The van der Waals surface area contributed by atoms with E-state index >= 15 is 0 Å². The molecule has 3 aromatic carbocycles. The van der Waals surface area contributed by atoms with Gasteiger partial charge in [0.1, 0.15) is 11.6 Å². The first-order valence-corrected chi connectivity index (χ1v) is 10.4. The SMILES string of the molecule is O=C(Nc1cccnc1)Nc1ccc2nc(-c3ccc(F)cc3)c(-c3ccc(F)cc3)nc2c1. The van der Waals surface area contributed by atoms with E-state index in [0.29, 0.717) is 44.9 Å². The lowest BCUT2D eigenvalue weighted by Gasteiger charge is -2.12. The summed E-state index contributed by atoms with van der Waals surface area (Å²) in [5.74, 6) is -0.729. The number of rotatable bonds is 4. The first-order chi connectivity index (χ1) is 16.5. The van der Waals surface area contributed by atoms with Crippen LogP contribution in [0.2, 0.25) is 0 Å². The summed E-state index contributed by atoms with van der Waals surface area (Å²) in [6.45, 7) is 0. The Balaban J connectivity index is 1.54. The van der Waals surface area contributed by atoms with E-state index in [1.54, 1.807) is 60.8 Å². The number of hydrogen-bond acceptors (Lipinski definition) is 4. The van der Waals surface area contributed by atoms with Crippen molar-refractivity contribution in [3.05, 3.63) is 103 Å². The highest BCUT2D eigenvalue weighted by atomic mass is 19.1. The molecule has 6 nitrogen and oxygen atoms in total. The van der Waals surface area contributed by atoms with Gasteiger partial charge >= 0.3 is 6.03 Å². The van der Waals surface area contributed by atoms with E-state index in [4.69, 9.17) is 9.97 Å². The van der Waals surface area contributed by atoms with E-state index in [9.17, 15) is 13.6 Å². The summed E-state index contributed by atoms with van der Waals surface area (Å²) in [5.41, 5.74) is 4.57. The van der Waals surface area contributed by atoms with Crippen LogP contribution in [0.5, 0.6) is 0 Å². The normalized spacial score (nSPS) is 10.8. The van der Waals surface area contributed by atoms with Crippen LogP contribution in [-0.4, -0.2) is 21.0 Å². The fraction of sp³-hybridized carbons (Fsp3) is 0. The van der Waals surface area contributed by atoms with Crippen molar-refractivity contribution in [1.29, 1.82) is 0 Å². The van der Waals surface area contributed by atoms with Gasteiger partial charge in [0.25, 0.3) is 0 Å². The summed E-state index contributed by atoms with van der Waals surface area (Å²) >= 11 is 0. The molecule has 0 aliphatic heterocycles. The molecular weight excluding hydrogens is 436 g/mol. The molecule has 166 valence electrons. The Morgan fingerprint density at radius 2 is 1.26 bits per heavy atom. The Morgan fingerprint density at radius 1 is 0.676 bits per heavy atom. The van der Waals surface area contributed by atoms with Crippen LogP contribution in [0.1, 0.15) is 0 Å². The topological polar surface area (TPSA) is 79.8 Å². The molecule has 5 aromatic rings. The molecule has 2 N–H and O–H groups in total. The molecule has 2 heterocycles. The van der Waals surface area contributed by atoms with Gasteiger partial charge in [-0.05, 0) is 78.9 Å². The average molecular weight is 453 g/mol. The predicted octanol–water partition coefficient (Wildman–Crippen LogP) is 6.28. The number of urea groups is 1. The number of nitrogens with zero attached hydrogens (tertiary/aromatic N) is 3. The van der Waals surface area contributed by atoms with Crippen LogP contribution in [0.15, 0.2) is 91.3 Å². The van der Waals surface area contributed by atoms with E-state index < -0.39 is 6.03 Å². The molecule has 0 aliphatic carbocycles. The molecule has 0 spiro atoms. The summed E-state index contributed by atoms with van der Waals surface area (Å²) < 4.78 is 27.0. The van der Waals surface area contributed by atoms with E-state index in [1.807, 2.05) is 0 Å². The number of hydrogen-bond donors (Lipinski definition) is 2. The number of pyridine rings is 1. The van der Waals surface area contributed by atoms with Gasteiger partial charge < -0.3 is 10.6 Å². The molecule has 0 atom stereocenters. The Hall–Kier alpha value is -4.72. The number of fused-ring (bicyclic) bond motifs is 1. The lowest BCUT2D eigenvalue weighted by Crippen LogP contribution is -2.19. The number of halogens is 2. The first-order valence-electron chi connectivity index (χ1n) is 10.4. The van der Waals surface area contributed by atoms with Crippen LogP contribution in [0.25, 0.3) is 33.5 Å². The number of nitrogens with one attached hydrogen (secondary N) is 2. The summed E-state index contributed by atoms with van der Waals surface area (Å²) in [6, 6.07) is 20.0. The van der Waals surface area contributed by atoms with Gasteiger partial charge in [-0.2, -0.15) is 0 Å². The minimum Gasteiger partial charge on any atom is -0.308 e. The number of carbonyl (C=O) groups excluding carboxylic acids is 1. The van der Waals surface area contributed by atoms with Gasteiger partial charge in [-0.25, -0.2) is 23.5 Å². The van der Waals surface area contributed by atoms with Crippen LogP contribution in [0, 0.1) is 11.6 Å². The van der Waals surface area contributed by atoms with Crippen molar-refractivity contribution < 1.29 is 13.6 Å². The molecule has 34 heavy (non-hydrogen) atoms. The molecule has 0 aliphatic rings. The van der Waals surface area contributed by atoms with E-state index in [1.165, 1.54) is 30.5 Å². The van der Waals surface area contributed by atoms with E-state index in [2.05, 4.69) is 15.6 Å². The Kier molecular flexibility index (Phi) is 5.61. The number of benzene rings is 3. The monoisotopic (exact) mass is 453 g/mol. The van der Waals surface area contributed by atoms with Crippen LogP contribution in [0.3, 0.4) is 0 Å². The van der Waals surface area contributed by atoms with Crippen molar-refractivity contribution in [2.24, 2.45) is 0 Å². The van der Waals surface area contributed by atoms with Crippen LogP contribution < -0.4 is 10.6 Å². The Labute approximate surface area is 193 Å². The standard InChI is InChI=1S/C26H17F2N5O/c27-18-7-3-16(4-8-18)24-25(17-5-9-19(28)10-6-17)33-23-14-20(11-12-22(23)32-24)30-26(34)31-21-2-1-13-29-15-21/h1-15H,(H2,30,31,34). The molecule has 0 saturated carbocycles. The van der Waals surface area contributed by atoms with E-state index in [-0.39, 0.29) is 11.6 Å². The molecule has 0 unspecified atom stereocenters. The first kappa shape index (κ1) is 21.1. The quantitative estimate of drug-likeness (QED) is 0.336. The van der Waals surface area contributed by atoms with Gasteiger partial charge in [-0.15, -0.1) is 0 Å². The maximum absolute atomic E-state index is 13.5. The molecule has 5 rings (SSSR count). The molecule has 0 bridgehead atoms. The third-order valence-electron chi connectivity index (χ3n) is 5.08. The zero-order valence-electron chi connectivity index (χ0n) is 17.7. The molecule has 8 heteroatoms. The smallest absolute Gasteiger partial charge is 0.308 e. The Bertz CT molecular complexity index is 1470. The summed E-state index contributed by atoms with van der Waals surface area (Å²) in [5, 5.41) is 5.47. The predicted molar refractivity (Wildman–Crippen MR) is 127 cm³/mol. The third-order valence-corrected chi connectivity index (χ3v) is 5.08. The second-order valence-corrected chi connectivity index (χ2v) is 7.46. The van der Waals surface area contributed by atoms with Gasteiger partial charge in [0.15, 0.2) is 0 Å². The summed E-state index contributed by atoms with van der Waals surface area (Å²) in [4.78, 5) is 25.8. The maximum Gasteiger partial charge on any atom is 0.323 e. The largest absolute Gasteiger partial charge is 0.323 e. The van der Waals surface area contributed by atoms with Gasteiger partial charge in [0.2, 0.25) is 0 Å². The zero-order valence-corrected chi connectivity index (χ0v) is 17.7. The highest BCUT2D eigenvalue weighted by Gasteiger charge is 2.14. The third kappa shape index (κ3) is 4.56. The fourth-order valence-electron chi connectivity index (χ4n) is 3.48. The summed E-state index contributed by atoms with van der Waals surface area (Å²) in [6.07, 6.45) is 3.15. The van der Waals surface area contributed by atoms with Crippen molar-refractivity contribution in [3.8, 4) is 22.5 Å². The highest BCUT2D eigenvalue weighted by molar-refractivity contribution is 6.00. The second-order valence-electron chi connectivity index (χ2n) is 7.46. The van der Waals surface area contributed by atoms with Gasteiger partial charge in [-0.3, -0.25) is 4.98 Å². The van der Waals surface area contributed by atoms with E-state index in [0.717, 1.165) is 0 Å². The molecule has 0 fully saturated rings. The van der Waals surface area contributed by atoms with Gasteiger partial charge in [-0.1, -0.05) is 0 Å². The average Bonchev–Trinajstić information content (AvgIpc) is 2.85. The number of carbonyl (C=O) groups is 1. The molecule has 2 aromatic heterocycles. The Morgan fingerprint density at radius 3 is 1.85 bits per heavy atom. The number of aromatic nitrogens is 3. The summed E-state index contributed by atoms with van der Waals surface area (Å²) in [7, 11) is 0. The highest BCUT2D eigenvalue weighted by Crippen LogP contribution is 2.32. The van der Waals surface area contributed by atoms with Crippen molar-refractivity contribution in [2.45, 2.75) is 0 Å². The molecule has 0 radical (unpaired) electrons. The molecule has 2 amide bonds. The van der Waals surface area contributed by atoms with Crippen LogP contribution in [-0.2, 0) is 0 Å². The minimum atomic E-state index is -0.429. The van der Waals surface area contributed by atoms with Crippen LogP contribution in [0.4, 0.5) is 25.0 Å². The number of amides is 2. The minimum absolute atomic E-state index is 0.360. The maximum atomic E-state index is 13.5. The van der Waals surface area contributed by atoms with Crippen molar-refractivity contribution >= 4 is 28.4 Å². The number of anilines is 2. The lowest BCUT2D eigenvalue weighted by molar-refractivity contribution is 0.262. The van der Waals surface area contributed by atoms with Crippen molar-refractivity contribution in [2.75, 3.05) is 10.6 Å². The van der Waals surface area contributed by atoms with Gasteiger partial charge in [0.05, 0.1) is 34.3 Å². The molecule has 0 saturated heterocycles. The van der Waals surface area contributed by atoms with Gasteiger partial charge in [0, 0.05) is 23.0 Å². The zero-order chi connectivity index (χ0) is 23.5. The molecular formula is C26H17F2N5O. The fourth-order valence-corrected chi connectivity index (χ4v) is 3.48. The lowest BCUT2D eigenvalue weighted by atomic mass is 10.0. The second kappa shape index (κ2) is 9.03. The van der Waals surface area contributed by atoms with Crippen molar-refractivity contribution in [1.82, 2.24) is 15.0 Å².